The van der Waals surface area contributed by atoms with E-state index in [0.29, 0.717) is 10.8 Å². The smallest absolute Gasteiger partial charge is 0.270 e. The van der Waals surface area contributed by atoms with Crippen LogP contribution in [0.4, 0.5) is 5.69 Å². The first-order valence-corrected chi connectivity index (χ1v) is 9.41. The van der Waals surface area contributed by atoms with Gasteiger partial charge in [0, 0.05) is 35.3 Å². The quantitative estimate of drug-likeness (QED) is 0.597. The zero-order valence-electron chi connectivity index (χ0n) is 13.4. The third-order valence-electron chi connectivity index (χ3n) is 5.50. The van der Waals surface area contributed by atoms with Crippen molar-refractivity contribution in [2.45, 2.75) is 32.1 Å². The molecule has 1 amide bonds. The highest BCUT2D eigenvalue weighted by Crippen LogP contribution is 2.37. The van der Waals surface area contributed by atoms with Crippen molar-refractivity contribution >= 4 is 33.0 Å². The molecule has 6 heteroatoms. The van der Waals surface area contributed by atoms with Gasteiger partial charge in [-0.15, -0.1) is 11.3 Å². The zero-order chi connectivity index (χ0) is 16.7. The number of carbonyl (C=O) groups is 1. The third kappa shape index (κ3) is 2.79. The van der Waals surface area contributed by atoms with Gasteiger partial charge in [-0.05, 0) is 36.8 Å². The molecule has 0 bridgehead atoms. The molecule has 1 aromatic carbocycles. The van der Waals surface area contributed by atoms with Gasteiger partial charge < -0.3 is 4.90 Å². The van der Waals surface area contributed by atoms with Gasteiger partial charge in [-0.1, -0.05) is 19.3 Å². The number of carbonyl (C=O) groups excluding carboxylic acids is 1. The molecular weight excluding hydrogens is 324 g/mol. The molecule has 1 aliphatic carbocycles. The van der Waals surface area contributed by atoms with E-state index >= 15 is 0 Å². The van der Waals surface area contributed by atoms with Crippen LogP contribution in [0.2, 0.25) is 0 Å². The Hall–Kier alpha value is -1.95. The van der Waals surface area contributed by atoms with Gasteiger partial charge in [0.2, 0.25) is 0 Å². The van der Waals surface area contributed by atoms with Gasteiger partial charge in [0.15, 0.2) is 0 Å². The zero-order valence-corrected chi connectivity index (χ0v) is 14.3. The first-order valence-electron chi connectivity index (χ1n) is 8.59. The summed E-state index contributed by atoms with van der Waals surface area (Å²) in [5.74, 6) is 1.54. The highest BCUT2D eigenvalue weighted by atomic mass is 32.1. The maximum atomic E-state index is 12.9. The highest BCUT2D eigenvalue weighted by molar-refractivity contribution is 7.20. The van der Waals surface area contributed by atoms with E-state index in [4.69, 9.17) is 0 Å². The minimum absolute atomic E-state index is 0.0716. The Labute approximate surface area is 144 Å². The maximum Gasteiger partial charge on any atom is 0.270 e. The van der Waals surface area contributed by atoms with E-state index in [-0.39, 0.29) is 11.6 Å². The van der Waals surface area contributed by atoms with Gasteiger partial charge in [-0.25, -0.2) is 0 Å². The predicted molar refractivity (Wildman–Crippen MR) is 94.4 cm³/mol. The molecule has 4 rings (SSSR count). The molecule has 126 valence electrons. The van der Waals surface area contributed by atoms with Gasteiger partial charge in [-0.2, -0.15) is 0 Å². The lowest BCUT2D eigenvalue weighted by Gasteiger charge is -2.41. The number of nitrogens with zero attached hydrogens (tertiary/aromatic N) is 2. The van der Waals surface area contributed by atoms with Crippen molar-refractivity contribution in [2.24, 2.45) is 11.8 Å². The maximum absolute atomic E-state index is 12.9. The number of fused-ring (bicyclic) bond motifs is 2. The Morgan fingerprint density at radius 2 is 1.96 bits per heavy atom. The van der Waals surface area contributed by atoms with Crippen molar-refractivity contribution in [2.75, 3.05) is 13.1 Å². The molecule has 1 aromatic heterocycles. The van der Waals surface area contributed by atoms with Crippen LogP contribution in [0.3, 0.4) is 0 Å². The van der Waals surface area contributed by atoms with E-state index in [1.807, 2.05) is 11.0 Å². The van der Waals surface area contributed by atoms with Crippen LogP contribution < -0.4 is 0 Å². The number of hydrogen-bond acceptors (Lipinski definition) is 4. The van der Waals surface area contributed by atoms with E-state index in [0.717, 1.165) is 35.5 Å². The molecule has 2 aromatic rings. The van der Waals surface area contributed by atoms with Gasteiger partial charge in [0.1, 0.15) is 0 Å². The van der Waals surface area contributed by atoms with Crippen molar-refractivity contribution in [3.05, 3.63) is 39.3 Å². The number of benzene rings is 1. The van der Waals surface area contributed by atoms with Gasteiger partial charge in [0.25, 0.3) is 11.6 Å². The van der Waals surface area contributed by atoms with Crippen molar-refractivity contribution in [1.82, 2.24) is 4.90 Å². The van der Waals surface area contributed by atoms with Crippen LogP contribution in [0.25, 0.3) is 10.1 Å². The lowest BCUT2D eigenvalue weighted by Crippen LogP contribution is -2.44. The molecule has 2 fully saturated rings. The molecule has 0 radical (unpaired) electrons. The fourth-order valence-corrected chi connectivity index (χ4v) is 5.20. The molecule has 2 aliphatic rings. The Morgan fingerprint density at radius 1 is 1.17 bits per heavy atom. The van der Waals surface area contributed by atoms with Crippen molar-refractivity contribution in [3.8, 4) is 0 Å². The van der Waals surface area contributed by atoms with Crippen LogP contribution in [0, 0.1) is 22.0 Å². The largest absolute Gasteiger partial charge is 0.338 e. The predicted octanol–water partition coefficient (Wildman–Crippen LogP) is 4.46. The number of nitro benzene ring substituents is 1. The number of non-ortho nitro benzene ring substituents is 1. The van der Waals surface area contributed by atoms with E-state index in [2.05, 4.69) is 0 Å². The number of likely N-dealkylation sites (tertiary alicyclic amines) is 1. The summed E-state index contributed by atoms with van der Waals surface area (Å²) in [6, 6.07) is 6.60. The molecule has 2 heterocycles. The summed E-state index contributed by atoms with van der Waals surface area (Å²) in [5.41, 5.74) is 0.0716. The normalized spacial score (nSPS) is 23.9. The summed E-state index contributed by atoms with van der Waals surface area (Å²) in [5, 5.41) is 11.7. The molecule has 0 N–H and O–H groups in total. The first-order chi connectivity index (χ1) is 11.6. The van der Waals surface area contributed by atoms with E-state index in [9.17, 15) is 14.9 Å². The SMILES string of the molecule is O=C(c1cc2cc([N+](=O)[O-])ccc2s1)N1CC[C@@H]2CCCC[C@H]2C1. The fraction of sp³-hybridized carbons (Fsp3) is 0.500. The topological polar surface area (TPSA) is 63.4 Å². The van der Waals surface area contributed by atoms with Crippen molar-refractivity contribution < 1.29 is 9.72 Å². The number of piperidine rings is 1. The van der Waals surface area contributed by atoms with Crippen LogP contribution in [0.1, 0.15) is 41.8 Å². The summed E-state index contributed by atoms with van der Waals surface area (Å²) in [6.45, 7) is 1.71. The van der Waals surface area contributed by atoms with Crippen LogP contribution in [0.15, 0.2) is 24.3 Å². The number of rotatable bonds is 2. The summed E-state index contributed by atoms with van der Waals surface area (Å²) < 4.78 is 0.927. The van der Waals surface area contributed by atoms with Crippen molar-refractivity contribution in [3.63, 3.8) is 0 Å². The standard InChI is InChI=1S/C18H20N2O3S/c21-18(19-8-7-12-3-1-2-4-13(12)11-19)17-10-14-9-15(20(22)23)5-6-16(14)24-17/h5-6,9-10,12-13H,1-4,7-8,11H2/t12-,13-/m0/s1. The summed E-state index contributed by atoms with van der Waals surface area (Å²) in [6.07, 6.45) is 6.30. The number of nitro groups is 1. The monoisotopic (exact) mass is 344 g/mol. The average Bonchev–Trinajstić information content (AvgIpc) is 3.03. The molecule has 1 saturated carbocycles. The Morgan fingerprint density at radius 3 is 2.75 bits per heavy atom. The molecule has 1 aliphatic heterocycles. The number of thiophene rings is 1. The van der Waals surface area contributed by atoms with Crippen molar-refractivity contribution in [1.29, 1.82) is 0 Å². The number of amides is 1. The molecule has 5 nitrogen and oxygen atoms in total. The Kier molecular flexibility index (Phi) is 4.00. The molecule has 0 unspecified atom stereocenters. The Bertz CT molecular complexity index is 801. The average molecular weight is 344 g/mol. The highest BCUT2D eigenvalue weighted by Gasteiger charge is 2.33. The fourth-order valence-electron chi connectivity index (χ4n) is 4.19. The second kappa shape index (κ2) is 6.16. The van der Waals surface area contributed by atoms with Crippen LogP contribution in [-0.2, 0) is 0 Å². The second-order valence-electron chi connectivity index (χ2n) is 6.93. The third-order valence-corrected chi connectivity index (χ3v) is 6.60. The lowest BCUT2D eigenvalue weighted by atomic mass is 9.75. The molecule has 2 atom stereocenters. The summed E-state index contributed by atoms with van der Waals surface area (Å²) >= 11 is 1.44. The van der Waals surface area contributed by atoms with Crippen LogP contribution >= 0.6 is 11.3 Å². The summed E-state index contributed by atoms with van der Waals surface area (Å²) in [4.78, 5) is 26.1. The minimum Gasteiger partial charge on any atom is -0.338 e. The van der Waals surface area contributed by atoms with E-state index in [1.54, 1.807) is 12.1 Å². The first kappa shape index (κ1) is 15.6. The molecule has 1 saturated heterocycles. The second-order valence-corrected chi connectivity index (χ2v) is 8.02. The molecule has 24 heavy (non-hydrogen) atoms. The van der Waals surface area contributed by atoms with Crippen LogP contribution in [-0.4, -0.2) is 28.8 Å². The van der Waals surface area contributed by atoms with E-state index in [1.165, 1.54) is 43.1 Å². The van der Waals surface area contributed by atoms with Gasteiger partial charge >= 0.3 is 0 Å². The minimum atomic E-state index is -0.396. The lowest BCUT2D eigenvalue weighted by molar-refractivity contribution is -0.384. The van der Waals surface area contributed by atoms with Gasteiger partial charge in [0.05, 0.1) is 9.80 Å². The molecule has 0 spiro atoms. The number of hydrogen-bond donors (Lipinski definition) is 0. The van der Waals surface area contributed by atoms with E-state index < -0.39 is 4.92 Å². The van der Waals surface area contributed by atoms with Crippen LogP contribution in [0.5, 0.6) is 0 Å². The Balaban J connectivity index is 1.55. The summed E-state index contributed by atoms with van der Waals surface area (Å²) in [7, 11) is 0. The molecular formula is C18H20N2O3S. The van der Waals surface area contributed by atoms with Gasteiger partial charge in [-0.3, -0.25) is 14.9 Å².